The van der Waals surface area contributed by atoms with Crippen molar-refractivity contribution in [3.63, 3.8) is 0 Å². The second-order valence-electron chi connectivity index (χ2n) is 15.7. The van der Waals surface area contributed by atoms with Crippen molar-refractivity contribution in [1.29, 1.82) is 0 Å². The van der Waals surface area contributed by atoms with E-state index < -0.39 is 29.1 Å². The van der Waals surface area contributed by atoms with Crippen molar-refractivity contribution in [2.75, 3.05) is 22.2 Å². The number of para-hydroxylation sites is 1. The van der Waals surface area contributed by atoms with Gasteiger partial charge in [0.2, 0.25) is 0 Å². The summed E-state index contributed by atoms with van der Waals surface area (Å²) in [6.07, 6.45) is 11.6. The van der Waals surface area contributed by atoms with E-state index in [9.17, 15) is 14.4 Å². The van der Waals surface area contributed by atoms with Crippen molar-refractivity contribution in [2.45, 2.75) is 94.3 Å². The van der Waals surface area contributed by atoms with Crippen molar-refractivity contribution >= 4 is 151 Å². The molecule has 19 heteroatoms. The Bertz CT molecular complexity index is 2590. The van der Waals surface area contributed by atoms with E-state index in [1.165, 1.54) is 63.5 Å². The maximum atomic E-state index is 14.6. The summed E-state index contributed by atoms with van der Waals surface area (Å²) in [5.41, 5.74) is 3.80. The van der Waals surface area contributed by atoms with Gasteiger partial charge < -0.3 is 20.1 Å². The first-order chi connectivity index (χ1) is 32.7. The minimum atomic E-state index is -1.15. The molecular weight excluding hydrogens is 1050 g/mol. The van der Waals surface area contributed by atoms with Crippen LogP contribution in [0.5, 0.6) is 11.5 Å². The normalized spacial score (nSPS) is 14.5. The number of rotatable bonds is 22. The maximum Gasteiger partial charge on any atom is 0.267 e. The van der Waals surface area contributed by atoms with Gasteiger partial charge >= 0.3 is 0 Å². The molecule has 0 aromatic heterocycles. The lowest BCUT2D eigenvalue weighted by atomic mass is 10.1. The third-order valence-electron chi connectivity index (χ3n) is 10.6. The smallest absolute Gasteiger partial charge is 0.267 e. The van der Waals surface area contributed by atoms with Crippen molar-refractivity contribution < 1.29 is 23.9 Å². The van der Waals surface area contributed by atoms with E-state index in [0.29, 0.717) is 22.9 Å². The third kappa shape index (κ3) is 14.0. The number of hydrogen-bond donors (Lipinski definition) is 3. The van der Waals surface area contributed by atoms with Gasteiger partial charge in [-0.2, -0.15) is 0 Å². The number of benzene rings is 5. The SMILES string of the molecule is CCCCCCCCCCCCOc1ccc(OC(C)C(=O)Nc2ccccc2SC2C(=O)N(c3c(Cl)c(Cl)c(Cl)c(Cl)c3Cl)NC2=Nc2cc(NC(=O)c3c(Cl)cccc3Cl)ccc2Cl)cc1. The lowest BCUT2D eigenvalue weighted by molar-refractivity contribution is -0.122. The van der Waals surface area contributed by atoms with Crippen LogP contribution in [-0.2, 0) is 9.59 Å². The van der Waals surface area contributed by atoms with Gasteiger partial charge in [-0.3, -0.25) is 19.8 Å². The van der Waals surface area contributed by atoms with Crippen molar-refractivity contribution in [1.82, 2.24) is 5.43 Å². The van der Waals surface area contributed by atoms with Crippen LogP contribution in [0.25, 0.3) is 0 Å². The average molecular weight is 1100 g/mol. The van der Waals surface area contributed by atoms with E-state index in [1.807, 2.05) is 12.1 Å². The number of halogens is 8. The Kier molecular flexibility index (Phi) is 20.4. The number of hydrogen-bond acceptors (Lipinski definition) is 7. The number of amidine groups is 1. The van der Waals surface area contributed by atoms with Crippen LogP contribution in [0.3, 0.4) is 0 Å². The van der Waals surface area contributed by atoms with Gasteiger partial charge in [0.05, 0.1) is 63.7 Å². The zero-order valence-electron chi connectivity index (χ0n) is 36.9. The maximum absolute atomic E-state index is 14.6. The van der Waals surface area contributed by atoms with E-state index in [4.69, 9.17) is 107 Å². The van der Waals surface area contributed by atoms with Crippen molar-refractivity contribution in [3.05, 3.63) is 131 Å². The zero-order valence-corrected chi connectivity index (χ0v) is 43.7. The minimum absolute atomic E-state index is 0.0580. The van der Waals surface area contributed by atoms with Gasteiger partial charge in [0.25, 0.3) is 17.7 Å². The van der Waals surface area contributed by atoms with Crippen LogP contribution in [-0.4, -0.2) is 41.5 Å². The summed E-state index contributed by atoms with van der Waals surface area (Å²) in [6.45, 7) is 4.50. The number of amides is 3. The molecule has 5 aromatic carbocycles. The highest BCUT2D eigenvalue weighted by Gasteiger charge is 2.42. The molecule has 1 heterocycles. The van der Waals surface area contributed by atoms with Crippen LogP contribution in [0.15, 0.2) is 94.8 Å². The molecule has 1 fully saturated rings. The number of unbranched alkanes of at least 4 members (excludes halogenated alkanes) is 9. The van der Waals surface area contributed by atoms with E-state index in [0.717, 1.165) is 35.4 Å². The highest BCUT2D eigenvalue weighted by molar-refractivity contribution is 8.01. The minimum Gasteiger partial charge on any atom is -0.494 e. The Balaban J connectivity index is 1.16. The van der Waals surface area contributed by atoms with Gasteiger partial charge in [0, 0.05) is 10.6 Å². The number of carbonyl (C=O) groups is 3. The Morgan fingerprint density at radius 1 is 0.706 bits per heavy atom. The van der Waals surface area contributed by atoms with Crippen molar-refractivity contribution in [3.8, 4) is 11.5 Å². The predicted molar refractivity (Wildman–Crippen MR) is 284 cm³/mol. The molecule has 10 nitrogen and oxygen atoms in total. The number of hydrazine groups is 1. The second-order valence-corrected chi connectivity index (χ2v) is 19.9. The van der Waals surface area contributed by atoms with E-state index in [2.05, 4.69) is 23.0 Å². The van der Waals surface area contributed by atoms with Crippen molar-refractivity contribution in [2.24, 2.45) is 4.99 Å². The van der Waals surface area contributed by atoms with E-state index in [1.54, 1.807) is 67.6 Å². The van der Waals surface area contributed by atoms with Gasteiger partial charge in [-0.25, -0.2) is 10.0 Å². The first-order valence-electron chi connectivity index (χ1n) is 21.9. The molecule has 1 aliphatic heterocycles. The van der Waals surface area contributed by atoms with Crippen LogP contribution >= 0.6 is 105 Å². The summed E-state index contributed by atoms with van der Waals surface area (Å²) in [7, 11) is 0. The van der Waals surface area contributed by atoms with E-state index in [-0.39, 0.29) is 68.6 Å². The highest BCUT2D eigenvalue weighted by Crippen LogP contribution is 2.49. The molecule has 6 rings (SSSR count). The number of nitrogens with one attached hydrogen (secondary N) is 3. The molecule has 0 saturated carbocycles. The molecule has 1 aliphatic rings. The molecule has 0 spiro atoms. The summed E-state index contributed by atoms with van der Waals surface area (Å²) in [5, 5.41) is 5.37. The number of aliphatic imine (C=N–C) groups is 1. The summed E-state index contributed by atoms with van der Waals surface area (Å²) in [6, 6.07) is 23.4. The molecule has 3 amide bonds. The topological polar surface area (TPSA) is 121 Å². The number of ether oxygens (including phenoxy) is 2. The van der Waals surface area contributed by atoms with Crippen LogP contribution in [0, 0.1) is 0 Å². The Morgan fingerprint density at radius 3 is 1.94 bits per heavy atom. The number of nitrogens with zero attached hydrogens (tertiary/aromatic N) is 2. The van der Waals surface area contributed by atoms with Crippen LogP contribution in [0.1, 0.15) is 88.4 Å². The molecule has 1 saturated heterocycles. The fourth-order valence-electron chi connectivity index (χ4n) is 7.01. The van der Waals surface area contributed by atoms with Gasteiger partial charge in [-0.05, 0) is 80.1 Å². The molecule has 0 aliphatic carbocycles. The van der Waals surface area contributed by atoms with Crippen LogP contribution in [0.4, 0.5) is 22.7 Å². The largest absolute Gasteiger partial charge is 0.494 e. The predicted octanol–water partition coefficient (Wildman–Crippen LogP) is 16.6. The number of carbonyl (C=O) groups excluding carboxylic acids is 3. The van der Waals surface area contributed by atoms with Gasteiger partial charge in [-0.15, -0.1) is 11.8 Å². The summed E-state index contributed by atoms with van der Waals surface area (Å²) in [4.78, 5) is 46.7. The standard InChI is InChI=1S/C49H47Cl8N5O5S/c1-3-4-5-6-7-8-9-10-11-14-26-66-30-21-23-31(24-22-30)67-28(2)47(63)60-35-18-12-13-19-37(35)68-45-46(61-62(49(45)65)44-42(56)40(54)39(53)41(55)43(44)57)59-36-27-29(20-25-32(36)50)58-48(64)38-33(51)16-15-17-34(38)52/h12-13,15-25,27-28,45H,3-11,14,26H2,1-2H3,(H,58,64)(H,59,61)(H,60,63). The van der Waals surface area contributed by atoms with Gasteiger partial charge in [-0.1, -0.05) is 176 Å². The highest BCUT2D eigenvalue weighted by atomic mass is 35.5. The molecule has 3 N–H and O–H groups in total. The fourth-order valence-corrected chi connectivity index (χ4v) is 10.1. The molecule has 68 heavy (non-hydrogen) atoms. The van der Waals surface area contributed by atoms with Gasteiger partial charge in [0.15, 0.2) is 6.10 Å². The monoisotopic (exact) mass is 1100 g/mol. The molecule has 0 bridgehead atoms. The summed E-state index contributed by atoms with van der Waals surface area (Å²) < 4.78 is 12.0. The molecule has 2 unspecified atom stereocenters. The lowest BCUT2D eigenvalue weighted by Crippen LogP contribution is -2.36. The van der Waals surface area contributed by atoms with E-state index >= 15 is 0 Å². The molecule has 0 radical (unpaired) electrons. The quantitative estimate of drug-likeness (QED) is 0.0358. The number of thioether (sulfide) groups is 1. The molecule has 360 valence electrons. The average Bonchev–Trinajstić information content (AvgIpc) is 3.61. The lowest BCUT2D eigenvalue weighted by Gasteiger charge is -2.21. The Labute approximate surface area is 440 Å². The van der Waals surface area contributed by atoms with Gasteiger partial charge in [0.1, 0.15) is 28.3 Å². The first kappa shape index (κ1) is 53.6. The Morgan fingerprint density at radius 2 is 1.29 bits per heavy atom. The molecule has 2 atom stereocenters. The third-order valence-corrected chi connectivity index (χ3v) is 15.1. The summed E-state index contributed by atoms with van der Waals surface area (Å²) >= 11 is 52.8. The fraction of sp³-hybridized carbons (Fsp3) is 0.306. The second kappa shape index (κ2) is 25.9. The Hall–Kier alpha value is -3.75. The molecule has 5 aromatic rings. The number of anilines is 3. The zero-order chi connectivity index (χ0) is 48.9. The first-order valence-corrected chi connectivity index (χ1v) is 25.8. The van der Waals surface area contributed by atoms with Crippen LogP contribution < -0.4 is 30.5 Å². The summed E-state index contributed by atoms with van der Waals surface area (Å²) in [5.74, 6) is -0.358. The van der Waals surface area contributed by atoms with Crippen LogP contribution in [0.2, 0.25) is 40.2 Å². The molecular formula is C49H47Cl8N5O5S.